The first-order valence-electron chi connectivity index (χ1n) is 10.2. The van der Waals surface area contributed by atoms with E-state index in [-0.39, 0.29) is 5.97 Å². The van der Waals surface area contributed by atoms with Crippen LogP contribution in [0.1, 0.15) is 33.3 Å². The summed E-state index contributed by atoms with van der Waals surface area (Å²) in [6, 6.07) is 4.99. The van der Waals surface area contributed by atoms with Gasteiger partial charge in [0.2, 0.25) is 0 Å². The van der Waals surface area contributed by atoms with Gasteiger partial charge >= 0.3 is 17.9 Å². The predicted octanol–water partition coefficient (Wildman–Crippen LogP) is 1.39. The third-order valence-corrected chi connectivity index (χ3v) is 4.10. The molecule has 1 unspecified atom stereocenters. The highest BCUT2D eigenvalue weighted by Gasteiger charge is 2.16. The van der Waals surface area contributed by atoms with Crippen LogP contribution < -0.4 is 15.2 Å². The lowest BCUT2D eigenvalue weighted by atomic mass is 10.1. The van der Waals surface area contributed by atoms with Gasteiger partial charge in [0.1, 0.15) is 12.6 Å². The standard InChI is InChI=1S/C19H32N2O4.C2H2O4/c1-5-21(6-2)11-12-25-17-10-9-15(14-18(17)23-7-3)13-16(20)19(22)24-8-4;3-1(4)2(5)6/h9-10,14,16H,5-8,11-13,20H2,1-4H3;(H,3,4)(H,5,6). The normalized spacial score (nSPS) is 11.2. The molecule has 1 aromatic rings. The molecule has 0 fully saturated rings. The SMILES string of the molecule is CCOC(=O)C(N)Cc1ccc(OCCN(CC)CC)c(OCC)c1.O=C(O)C(=O)O. The van der Waals surface area contributed by atoms with Crippen molar-refractivity contribution in [1.29, 1.82) is 0 Å². The first-order valence-corrected chi connectivity index (χ1v) is 10.2. The molecule has 1 rings (SSSR count). The van der Waals surface area contributed by atoms with Crippen molar-refractivity contribution in [2.24, 2.45) is 5.73 Å². The molecule has 0 bridgehead atoms. The van der Waals surface area contributed by atoms with Gasteiger partial charge < -0.3 is 35.1 Å². The summed E-state index contributed by atoms with van der Waals surface area (Å²) >= 11 is 0. The lowest BCUT2D eigenvalue weighted by molar-refractivity contribution is -0.159. The van der Waals surface area contributed by atoms with E-state index in [1.807, 2.05) is 25.1 Å². The third kappa shape index (κ3) is 11.8. The monoisotopic (exact) mass is 442 g/mol. The number of carbonyl (C=O) groups is 3. The van der Waals surface area contributed by atoms with Crippen molar-refractivity contribution in [1.82, 2.24) is 4.90 Å². The van der Waals surface area contributed by atoms with Crippen molar-refractivity contribution < 1.29 is 38.8 Å². The van der Waals surface area contributed by atoms with Gasteiger partial charge in [-0.25, -0.2) is 9.59 Å². The maximum atomic E-state index is 11.7. The molecule has 4 N–H and O–H groups in total. The summed E-state index contributed by atoms with van der Waals surface area (Å²) in [5.41, 5.74) is 6.81. The number of ether oxygens (including phenoxy) is 3. The summed E-state index contributed by atoms with van der Waals surface area (Å²) in [5, 5.41) is 14.8. The molecule has 0 aromatic heterocycles. The Morgan fingerprint density at radius 1 is 0.968 bits per heavy atom. The van der Waals surface area contributed by atoms with Crippen LogP contribution >= 0.6 is 0 Å². The molecule has 1 aromatic carbocycles. The van der Waals surface area contributed by atoms with Crippen LogP contribution in [0.3, 0.4) is 0 Å². The number of hydrogen-bond acceptors (Lipinski definition) is 8. The minimum absolute atomic E-state index is 0.329. The topological polar surface area (TPSA) is 149 Å². The molecule has 0 aliphatic rings. The quantitative estimate of drug-likeness (QED) is 0.320. The van der Waals surface area contributed by atoms with Gasteiger partial charge in [0.05, 0.1) is 13.2 Å². The number of likely N-dealkylation sites (N-methyl/N-ethyl adjacent to an activating group) is 1. The van der Waals surface area contributed by atoms with Crippen molar-refractivity contribution in [3.05, 3.63) is 23.8 Å². The van der Waals surface area contributed by atoms with Gasteiger partial charge in [-0.05, 0) is 51.1 Å². The van der Waals surface area contributed by atoms with Crippen molar-refractivity contribution in [3.63, 3.8) is 0 Å². The van der Waals surface area contributed by atoms with E-state index >= 15 is 0 Å². The molecule has 0 aliphatic carbocycles. The van der Waals surface area contributed by atoms with E-state index in [4.69, 9.17) is 39.7 Å². The Labute approximate surface area is 182 Å². The van der Waals surface area contributed by atoms with Crippen molar-refractivity contribution in [2.45, 2.75) is 40.2 Å². The lowest BCUT2D eigenvalue weighted by Crippen LogP contribution is -2.34. The molecular formula is C21H34N2O8. The summed E-state index contributed by atoms with van der Waals surface area (Å²) < 4.78 is 16.5. The highest BCUT2D eigenvalue weighted by molar-refractivity contribution is 6.27. The van der Waals surface area contributed by atoms with Crippen LogP contribution in [0.4, 0.5) is 0 Å². The number of benzene rings is 1. The van der Waals surface area contributed by atoms with Gasteiger partial charge in [-0.15, -0.1) is 0 Å². The molecule has 0 heterocycles. The van der Waals surface area contributed by atoms with E-state index in [0.29, 0.717) is 37.7 Å². The second kappa shape index (κ2) is 15.9. The number of rotatable bonds is 12. The molecule has 31 heavy (non-hydrogen) atoms. The molecular weight excluding hydrogens is 408 g/mol. The van der Waals surface area contributed by atoms with E-state index in [1.165, 1.54) is 0 Å². The largest absolute Gasteiger partial charge is 0.490 e. The van der Waals surface area contributed by atoms with E-state index in [1.54, 1.807) is 6.92 Å². The fourth-order valence-corrected chi connectivity index (χ4v) is 2.48. The number of hydrogen-bond donors (Lipinski definition) is 3. The minimum Gasteiger partial charge on any atom is -0.490 e. The molecule has 10 nitrogen and oxygen atoms in total. The van der Waals surface area contributed by atoms with Crippen molar-refractivity contribution in [3.8, 4) is 11.5 Å². The van der Waals surface area contributed by atoms with Gasteiger partial charge in [-0.2, -0.15) is 0 Å². The van der Waals surface area contributed by atoms with Gasteiger partial charge in [0.15, 0.2) is 11.5 Å². The van der Waals surface area contributed by atoms with E-state index in [0.717, 1.165) is 25.2 Å². The second-order valence-corrected chi connectivity index (χ2v) is 6.26. The zero-order valence-corrected chi connectivity index (χ0v) is 18.6. The van der Waals surface area contributed by atoms with Gasteiger partial charge in [0.25, 0.3) is 0 Å². The molecule has 1 atom stereocenters. The zero-order chi connectivity index (χ0) is 23.8. The van der Waals surface area contributed by atoms with E-state index in [9.17, 15) is 4.79 Å². The smallest absolute Gasteiger partial charge is 0.414 e. The Balaban J connectivity index is 0.00000131. The number of carboxylic acids is 2. The molecule has 0 saturated heterocycles. The van der Waals surface area contributed by atoms with Gasteiger partial charge in [-0.3, -0.25) is 4.79 Å². The van der Waals surface area contributed by atoms with Crippen LogP contribution in [0.2, 0.25) is 0 Å². The summed E-state index contributed by atoms with van der Waals surface area (Å²) in [6.45, 7) is 12.3. The molecule has 0 saturated carbocycles. The first kappa shape index (κ1) is 28.1. The number of esters is 1. The Kier molecular flexibility index (Phi) is 14.5. The fourth-order valence-electron chi connectivity index (χ4n) is 2.48. The van der Waals surface area contributed by atoms with Crippen molar-refractivity contribution in [2.75, 3.05) is 39.5 Å². The maximum Gasteiger partial charge on any atom is 0.414 e. The number of nitrogens with two attached hydrogens (primary N) is 1. The number of nitrogens with zero attached hydrogens (tertiary/aromatic N) is 1. The molecule has 0 amide bonds. The summed E-state index contributed by atoms with van der Waals surface area (Å²) in [7, 11) is 0. The third-order valence-electron chi connectivity index (χ3n) is 4.10. The van der Waals surface area contributed by atoms with Crippen molar-refractivity contribution >= 4 is 17.9 Å². The fraction of sp³-hybridized carbons (Fsp3) is 0.571. The molecule has 0 radical (unpaired) electrons. The zero-order valence-electron chi connectivity index (χ0n) is 18.6. The minimum atomic E-state index is -1.82. The Morgan fingerprint density at radius 3 is 2.06 bits per heavy atom. The van der Waals surface area contributed by atoms with E-state index in [2.05, 4.69) is 18.7 Å². The van der Waals surface area contributed by atoms with E-state index < -0.39 is 18.0 Å². The first-order chi connectivity index (χ1) is 14.7. The van der Waals surface area contributed by atoms with Crippen LogP contribution in [0, 0.1) is 0 Å². The van der Waals surface area contributed by atoms with Crippen LogP contribution in [0.5, 0.6) is 11.5 Å². The predicted molar refractivity (Wildman–Crippen MR) is 114 cm³/mol. The summed E-state index contributed by atoms with van der Waals surface area (Å²) in [6.07, 6.45) is 0.401. The van der Waals surface area contributed by atoms with Crippen LogP contribution in [0.25, 0.3) is 0 Å². The highest BCUT2D eigenvalue weighted by atomic mass is 16.5. The van der Waals surface area contributed by atoms with Crippen LogP contribution in [-0.2, 0) is 25.5 Å². The average molecular weight is 443 g/mol. The Morgan fingerprint density at radius 2 is 1.58 bits per heavy atom. The molecule has 0 aliphatic heterocycles. The van der Waals surface area contributed by atoms with Crippen LogP contribution in [-0.4, -0.2) is 78.5 Å². The summed E-state index contributed by atoms with van der Waals surface area (Å²) in [5.74, 6) is -2.65. The highest BCUT2D eigenvalue weighted by Crippen LogP contribution is 2.29. The van der Waals surface area contributed by atoms with Gasteiger partial charge in [0, 0.05) is 6.54 Å². The second-order valence-electron chi connectivity index (χ2n) is 6.26. The molecule has 176 valence electrons. The Bertz CT molecular complexity index is 680. The van der Waals surface area contributed by atoms with Gasteiger partial charge in [-0.1, -0.05) is 19.9 Å². The Hall–Kier alpha value is -2.85. The molecule has 10 heteroatoms. The molecule has 0 spiro atoms. The summed E-state index contributed by atoms with van der Waals surface area (Å²) in [4.78, 5) is 32.2. The lowest BCUT2D eigenvalue weighted by Gasteiger charge is -2.19. The van der Waals surface area contributed by atoms with Crippen LogP contribution in [0.15, 0.2) is 18.2 Å². The number of carbonyl (C=O) groups excluding carboxylic acids is 1. The number of aliphatic carboxylic acids is 2. The maximum absolute atomic E-state index is 11.7. The average Bonchev–Trinajstić information content (AvgIpc) is 2.73. The number of carboxylic acid groups (broad SMARTS) is 2.